The van der Waals surface area contributed by atoms with Gasteiger partial charge in [0.25, 0.3) is 0 Å². The zero-order valence-corrected chi connectivity index (χ0v) is 12.1. The number of unbranched alkanes of at least 4 members (excludes halogenated alkanes) is 6. The van der Waals surface area contributed by atoms with E-state index in [2.05, 4.69) is 6.92 Å². The molecule has 0 bridgehead atoms. The Kier molecular flexibility index (Phi) is 7.74. The van der Waals surface area contributed by atoms with E-state index in [1.807, 2.05) is 12.1 Å². The van der Waals surface area contributed by atoms with E-state index in [0.717, 1.165) is 6.42 Å². The molecule has 0 saturated carbocycles. The van der Waals surface area contributed by atoms with Gasteiger partial charge in [0.1, 0.15) is 0 Å². The fourth-order valence-electron chi connectivity index (χ4n) is 2.07. The molecule has 1 aromatic carbocycles. The number of thiol groups is 1. The normalized spacial score (nSPS) is 11.0. The quantitative estimate of drug-likeness (QED) is 0.543. The first-order valence-corrected chi connectivity index (χ1v) is 8.15. The van der Waals surface area contributed by atoms with Gasteiger partial charge in [-0.2, -0.15) is 0 Å². The summed E-state index contributed by atoms with van der Waals surface area (Å²) in [6.45, 7) is 2.24. The monoisotopic (exact) mass is 268 g/mol. The molecule has 0 unspecified atom stereocenters. The lowest BCUT2D eigenvalue weighted by Gasteiger charge is -2.02. The summed E-state index contributed by atoms with van der Waals surface area (Å²) < 4.78 is 21.5. The summed E-state index contributed by atoms with van der Waals surface area (Å²) in [4.78, 5) is 0.410. The maximum atomic E-state index is 10.7. The molecule has 1 aromatic rings. The minimum atomic E-state index is -2.43. The minimum Gasteiger partial charge on any atom is -0.227 e. The first-order chi connectivity index (χ1) is 8.74. The summed E-state index contributed by atoms with van der Waals surface area (Å²) in [5, 5.41) is 0. The van der Waals surface area contributed by atoms with Gasteiger partial charge in [-0.15, -0.1) is 0 Å². The summed E-state index contributed by atoms with van der Waals surface area (Å²) in [5.74, 6) is 0. The van der Waals surface area contributed by atoms with Crippen LogP contribution in [0.4, 0.5) is 0 Å². The van der Waals surface area contributed by atoms with Crippen LogP contribution in [0.2, 0.25) is 0 Å². The van der Waals surface area contributed by atoms with E-state index in [1.165, 1.54) is 50.5 Å². The molecule has 0 radical (unpaired) electrons. The third-order valence-corrected chi connectivity index (χ3v) is 3.94. The first-order valence-electron chi connectivity index (χ1n) is 6.97. The molecular formula is C15H24O2S. The van der Waals surface area contributed by atoms with Crippen molar-refractivity contribution in [3.63, 3.8) is 0 Å². The van der Waals surface area contributed by atoms with E-state index in [9.17, 15) is 8.42 Å². The number of hydrogen-bond acceptors (Lipinski definition) is 2. The molecular weight excluding hydrogens is 244 g/mol. The molecule has 0 spiro atoms. The van der Waals surface area contributed by atoms with Crippen molar-refractivity contribution in [2.45, 2.75) is 63.2 Å². The highest BCUT2D eigenvalue weighted by Crippen LogP contribution is 2.12. The van der Waals surface area contributed by atoms with Crippen LogP contribution in [0.15, 0.2) is 29.2 Å². The molecule has 102 valence electrons. The van der Waals surface area contributed by atoms with E-state index >= 15 is 0 Å². The fourth-order valence-corrected chi connectivity index (χ4v) is 2.46. The van der Waals surface area contributed by atoms with Crippen LogP contribution in [0.5, 0.6) is 0 Å². The van der Waals surface area contributed by atoms with E-state index in [1.54, 1.807) is 12.1 Å². The van der Waals surface area contributed by atoms with Crippen LogP contribution < -0.4 is 0 Å². The van der Waals surface area contributed by atoms with E-state index in [0.29, 0.717) is 4.90 Å². The molecule has 0 saturated heterocycles. The first kappa shape index (κ1) is 15.2. The molecule has 0 aromatic heterocycles. The van der Waals surface area contributed by atoms with Crippen LogP contribution in [0.3, 0.4) is 0 Å². The lowest BCUT2D eigenvalue weighted by Crippen LogP contribution is -1.87. The van der Waals surface area contributed by atoms with Gasteiger partial charge in [0.15, 0.2) is 10.7 Å². The van der Waals surface area contributed by atoms with E-state index in [-0.39, 0.29) is 0 Å². The predicted octanol–water partition coefficient (Wildman–Crippen LogP) is 3.95. The van der Waals surface area contributed by atoms with Gasteiger partial charge in [0.05, 0.1) is 4.90 Å². The minimum absolute atomic E-state index is 0.410. The highest BCUT2D eigenvalue weighted by Gasteiger charge is 1.97. The Morgan fingerprint density at radius 1 is 0.833 bits per heavy atom. The van der Waals surface area contributed by atoms with Crippen molar-refractivity contribution in [1.82, 2.24) is 0 Å². The molecule has 0 aliphatic heterocycles. The molecule has 3 heteroatoms. The largest absolute Gasteiger partial charge is 0.227 e. The average molecular weight is 268 g/mol. The van der Waals surface area contributed by atoms with Crippen LogP contribution in [-0.2, 0) is 17.1 Å². The van der Waals surface area contributed by atoms with Crippen molar-refractivity contribution in [3.8, 4) is 0 Å². The van der Waals surface area contributed by atoms with Gasteiger partial charge in [-0.25, -0.2) is 8.42 Å². The van der Waals surface area contributed by atoms with Crippen molar-refractivity contribution in [2.24, 2.45) is 0 Å². The van der Waals surface area contributed by atoms with Gasteiger partial charge >= 0.3 is 0 Å². The smallest absolute Gasteiger partial charge is 0.168 e. The fraction of sp³-hybridized carbons (Fsp3) is 0.600. The van der Waals surface area contributed by atoms with Crippen molar-refractivity contribution in [1.29, 1.82) is 0 Å². The zero-order chi connectivity index (χ0) is 13.2. The topological polar surface area (TPSA) is 34.1 Å². The van der Waals surface area contributed by atoms with Crippen molar-refractivity contribution in [2.75, 3.05) is 0 Å². The summed E-state index contributed by atoms with van der Waals surface area (Å²) in [5.41, 5.74) is 1.24. The molecule has 0 heterocycles. The van der Waals surface area contributed by atoms with Crippen LogP contribution in [-0.4, -0.2) is 8.42 Å². The third kappa shape index (κ3) is 6.20. The van der Waals surface area contributed by atoms with Crippen LogP contribution in [0, 0.1) is 0 Å². The molecule has 0 aliphatic rings. The van der Waals surface area contributed by atoms with Crippen molar-refractivity contribution < 1.29 is 8.42 Å². The van der Waals surface area contributed by atoms with Gasteiger partial charge < -0.3 is 0 Å². The average Bonchev–Trinajstić information content (AvgIpc) is 2.38. The number of hydrogen-bond donors (Lipinski definition) is 1. The molecule has 2 nitrogen and oxygen atoms in total. The summed E-state index contributed by atoms with van der Waals surface area (Å²) >= 11 is 0. The Labute approximate surface area is 112 Å². The van der Waals surface area contributed by atoms with Gasteiger partial charge in [0.2, 0.25) is 0 Å². The lowest BCUT2D eigenvalue weighted by atomic mass is 10.0. The predicted molar refractivity (Wildman–Crippen MR) is 76.7 cm³/mol. The van der Waals surface area contributed by atoms with E-state index < -0.39 is 10.7 Å². The maximum Gasteiger partial charge on any atom is 0.168 e. The molecule has 0 aliphatic carbocycles. The van der Waals surface area contributed by atoms with Crippen molar-refractivity contribution in [3.05, 3.63) is 29.8 Å². The third-order valence-electron chi connectivity index (χ3n) is 3.22. The molecule has 0 atom stereocenters. The summed E-state index contributed by atoms with van der Waals surface area (Å²) in [7, 11) is -2.43. The summed E-state index contributed by atoms with van der Waals surface area (Å²) in [6, 6.07) is 7.25. The van der Waals surface area contributed by atoms with Crippen LogP contribution in [0.1, 0.15) is 57.4 Å². The lowest BCUT2D eigenvalue weighted by molar-refractivity contribution is 0.589. The number of benzene rings is 1. The second kappa shape index (κ2) is 9.15. The van der Waals surface area contributed by atoms with Gasteiger partial charge in [-0.1, -0.05) is 57.6 Å². The molecule has 18 heavy (non-hydrogen) atoms. The Morgan fingerprint density at radius 3 is 1.94 bits per heavy atom. The SMILES string of the molecule is CCCCCCCCCc1ccc([SH](=O)=O)cc1. The summed E-state index contributed by atoms with van der Waals surface area (Å²) in [6.07, 6.45) is 10.2. The van der Waals surface area contributed by atoms with E-state index in [4.69, 9.17) is 0 Å². The second-order valence-corrected chi connectivity index (χ2v) is 5.83. The van der Waals surface area contributed by atoms with Crippen molar-refractivity contribution >= 4 is 10.7 Å². The Balaban J connectivity index is 2.15. The standard InChI is InChI=1S/C15H24O2S/c1-2-3-4-5-6-7-8-9-14-10-12-15(13-11-14)18(16)17/h10-13,18H,2-9H2,1H3. The Hall–Kier alpha value is -0.830. The highest BCUT2D eigenvalue weighted by molar-refractivity contribution is 7.72. The Bertz CT molecular complexity index is 385. The number of aryl methyl sites for hydroxylation is 1. The highest BCUT2D eigenvalue weighted by atomic mass is 32.2. The molecule has 0 N–H and O–H groups in total. The zero-order valence-electron chi connectivity index (χ0n) is 11.2. The molecule has 0 amide bonds. The Morgan fingerprint density at radius 2 is 1.39 bits per heavy atom. The van der Waals surface area contributed by atoms with Gasteiger partial charge in [-0.3, -0.25) is 0 Å². The molecule has 0 fully saturated rings. The molecule has 1 rings (SSSR count). The van der Waals surface area contributed by atoms with Gasteiger partial charge in [-0.05, 0) is 30.5 Å². The number of rotatable bonds is 9. The second-order valence-electron chi connectivity index (χ2n) is 4.79. The van der Waals surface area contributed by atoms with Crippen LogP contribution in [0.25, 0.3) is 0 Å². The maximum absolute atomic E-state index is 10.7. The van der Waals surface area contributed by atoms with Gasteiger partial charge in [0, 0.05) is 0 Å². The van der Waals surface area contributed by atoms with Crippen LogP contribution >= 0.6 is 0 Å².